The maximum atomic E-state index is 14.3. The van der Waals surface area contributed by atoms with Crippen molar-refractivity contribution in [2.75, 3.05) is 31.1 Å². The molecule has 0 atom stereocenters. The fourth-order valence-electron chi connectivity index (χ4n) is 2.60. The quantitative estimate of drug-likeness (QED) is 0.914. The minimum absolute atomic E-state index is 0.271. The second-order valence-corrected chi connectivity index (χ2v) is 5.90. The highest BCUT2D eigenvalue weighted by Crippen LogP contribution is 2.31. The smallest absolute Gasteiger partial charge is 0.161 e. The molecule has 1 N–H and O–H groups in total. The zero-order valence-electron chi connectivity index (χ0n) is 11.6. The van der Waals surface area contributed by atoms with Crippen LogP contribution in [0.2, 0.25) is 0 Å². The summed E-state index contributed by atoms with van der Waals surface area (Å²) in [6.07, 6.45) is 2.15. The minimum atomic E-state index is -0.325. The Morgan fingerprint density at radius 2 is 2.15 bits per heavy atom. The maximum absolute atomic E-state index is 14.3. The van der Waals surface area contributed by atoms with Gasteiger partial charge in [-0.15, -0.1) is 0 Å². The van der Waals surface area contributed by atoms with Crippen molar-refractivity contribution < 1.29 is 4.39 Å². The first-order chi connectivity index (χ1) is 9.67. The van der Waals surface area contributed by atoms with E-state index < -0.39 is 0 Å². The standard InChI is InChI=1S/C15H19BrFN3/c1-2-19-10-11-5-7-20(8-6-11)13-4-3-12(9-18)14(16)15(13)17/h3-4,11,19H,2,5-8,10H2,1H3. The van der Waals surface area contributed by atoms with Gasteiger partial charge in [0.2, 0.25) is 0 Å². The number of nitrogens with zero attached hydrogens (tertiary/aromatic N) is 2. The van der Waals surface area contributed by atoms with Crippen molar-refractivity contribution in [1.82, 2.24) is 5.32 Å². The van der Waals surface area contributed by atoms with Gasteiger partial charge in [0.1, 0.15) is 6.07 Å². The molecule has 1 saturated heterocycles. The molecule has 0 radical (unpaired) electrons. The lowest BCUT2D eigenvalue weighted by Gasteiger charge is -2.34. The van der Waals surface area contributed by atoms with E-state index in [-0.39, 0.29) is 10.3 Å². The van der Waals surface area contributed by atoms with Crippen LogP contribution in [0.5, 0.6) is 0 Å². The highest BCUT2D eigenvalue weighted by molar-refractivity contribution is 9.10. The molecule has 0 saturated carbocycles. The van der Waals surface area contributed by atoms with Crippen LogP contribution in [-0.2, 0) is 0 Å². The molecule has 0 bridgehead atoms. The average Bonchev–Trinajstić information content (AvgIpc) is 2.48. The van der Waals surface area contributed by atoms with Crippen LogP contribution in [-0.4, -0.2) is 26.2 Å². The number of piperidine rings is 1. The summed E-state index contributed by atoms with van der Waals surface area (Å²) in [6.45, 7) is 5.89. The Labute approximate surface area is 127 Å². The lowest BCUT2D eigenvalue weighted by Crippen LogP contribution is -2.37. The molecule has 1 aromatic carbocycles. The number of hydrogen-bond donors (Lipinski definition) is 1. The van der Waals surface area contributed by atoms with E-state index in [1.54, 1.807) is 12.1 Å². The molecule has 1 aliphatic rings. The number of hydrogen-bond acceptors (Lipinski definition) is 3. The third kappa shape index (κ3) is 3.31. The SMILES string of the molecule is CCNCC1CCN(c2ccc(C#N)c(Br)c2F)CC1. The Balaban J connectivity index is 2.04. The molecular formula is C15H19BrFN3. The third-order valence-corrected chi connectivity index (χ3v) is 4.60. The lowest BCUT2D eigenvalue weighted by atomic mass is 9.96. The van der Waals surface area contributed by atoms with Gasteiger partial charge in [0, 0.05) is 13.1 Å². The zero-order chi connectivity index (χ0) is 14.5. The number of nitriles is 1. The molecule has 0 amide bonds. The molecule has 1 aromatic rings. The molecular weight excluding hydrogens is 321 g/mol. The Kier molecular flexibility index (Phi) is 5.38. The Morgan fingerprint density at radius 1 is 1.45 bits per heavy atom. The number of benzene rings is 1. The average molecular weight is 340 g/mol. The van der Waals surface area contributed by atoms with Gasteiger partial charge in [0.05, 0.1) is 15.7 Å². The van der Waals surface area contributed by atoms with Crippen molar-refractivity contribution in [3.05, 3.63) is 28.0 Å². The Morgan fingerprint density at radius 3 is 2.75 bits per heavy atom. The van der Waals surface area contributed by atoms with Gasteiger partial charge < -0.3 is 10.2 Å². The van der Waals surface area contributed by atoms with Crippen molar-refractivity contribution in [2.45, 2.75) is 19.8 Å². The largest absolute Gasteiger partial charge is 0.369 e. The van der Waals surface area contributed by atoms with Crippen molar-refractivity contribution in [3.8, 4) is 6.07 Å². The number of anilines is 1. The Hall–Kier alpha value is -1.12. The summed E-state index contributed by atoms with van der Waals surface area (Å²) in [7, 11) is 0. The van der Waals surface area contributed by atoms with Crippen molar-refractivity contribution in [1.29, 1.82) is 5.26 Å². The molecule has 0 aliphatic carbocycles. The molecule has 3 nitrogen and oxygen atoms in total. The molecule has 0 unspecified atom stereocenters. The molecule has 0 spiro atoms. The summed E-state index contributed by atoms with van der Waals surface area (Å²) in [6, 6.07) is 5.37. The van der Waals surface area contributed by atoms with Gasteiger partial charge in [-0.3, -0.25) is 0 Å². The van der Waals surface area contributed by atoms with E-state index in [9.17, 15) is 4.39 Å². The summed E-state index contributed by atoms with van der Waals surface area (Å²) in [5.74, 6) is 0.352. The minimum Gasteiger partial charge on any atom is -0.369 e. The molecule has 1 fully saturated rings. The summed E-state index contributed by atoms with van der Waals surface area (Å²) in [5.41, 5.74) is 0.936. The molecule has 2 rings (SSSR count). The van der Waals surface area contributed by atoms with Crippen LogP contribution >= 0.6 is 15.9 Å². The second-order valence-electron chi connectivity index (χ2n) is 5.11. The summed E-state index contributed by atoms with van der Waals surface area (Å²) < 4.78 is 14.6. The van der Waals surface area contributed by atoms with Gasteiger partial charge in [-0.05, 0) is 59.9 Å². The van der Waals surface area contributed by atoms with E-state index in [2.05, 4.69) is 33.1 Å². The van der Waals surface area contributed by atoms with Gasteiger partial charge in [0.15, 0.2) is 5.82 Å². The van der Waals surface area contributed by atoms with E-state index >= 15 is 0 Å². The fourth-order valence-corrected chi connectivity index (χ4v) is 3.02. The number of halogens is 2. The molecule has 1 heterocycles. The van der Waals surface area contributed by atoms with Crippen LogP contribution in [0, 0.1) is 23.1 Å². The van der Waals surface area contributed by atoms with E-state index in [4.69, 9.17) is 5.26 Å². The normalized spacial score (nSPS) is 16.2. The van der Waals surface area contributed by atoms with Crippen LogP contribution < -0.4 is 10.2 Å². The third-order valence-electron chi connectivity index (χ3n) is 3.82. The molecule has 20 heavy (non-hydrogen) atoms. The maximum Gasteiger partial charge on any atom is 0.161 e. The van der Waals surface area contributed by atoms with Crippen molar-refractivity contribution in [2.24, 2.45) is 5.92 Å². The predicted octanol–water partition coefficient (Wildman–Crippen LogP) is 3.29. The van der Waals surface area contributed by atoms with E-state index in [1.165, 1.54) is 0 Å². The number of nitrogens with one attached hydrogen (secondary N) is 1. The van der Waals surface area contributed by atoms with E-state index in [0.29, 0.717) is 17.2 Å². The molecule has 108 valence electrons. The lowest BCUT2D eigenvalue weighted by molar-refractivity contribution is 0.384. The van der Waals surface area contributed by atoms with Crippen LogP contribution in [0.15, 0.2) is 16.6 Å². The second kappa shape index (κ2) is 7.05. The molecule has 5 heteroatoms. The van der Waals surface area contributed by atoms with Crippen LogP contribution in [0.25, 0.3) is 0 Å². The van der Waals surface area contributed by atoms with Gasteiger partial charge in [-0.2, -0.15) is 5.26 Å². The highest BCUT2D eigenvalue weighted by Gasteiger charge is 2.22. The number of rotatable bonds is 4. The first-order valence-electron chi connectivity index (χ1n) is 7.01. The monoisotopic (exact) mass is 339 g/mol. The summed E-state index contributed by atoms with van der Waals surface area (Å²) in [5, 5.41) is 12.3. The van der Waals surface area contributed by atoms with Gasteiger partial charge >= 0.3 is 0 Å². The predicted molar refractivity (Wildman–Crippen MR) is 82.3 cm³/mol. The van der Waals surface area contributed by atoms with Crippen LogP contribution in [0.1, 0.15) is 25.3 Å². The van der Waals surface area contributed by atoms with Crippen LogP contribution in [0.4, 0.5) is 10.1 Å². The molecule has 0 aromatic heterocycles. The van der Waals surface area contributed by atoms with E-state index in [1.807, 2.05) is 6.07 Å². The van der Waals surface area contributed by atoms with Gasteiger partial charge in [-0.25, -0.2) is 4.39 Å². The first-order valence-corrected chi connectivity index (χ1v) is 7.80. The fraction of sp³-hybridized carbons (Fsp3) is 0.533. The van der Waals surface area contributed by atoms with Crippen LogP contribution in [0.3, 0.4) is 0 Å². The highest BCUT2D eigenvalue weighted by atomic mass is 79.9. The van der Waals surface area contributed by atoms with E-state index in [0.717, 1.165) is 39.0 Å². The summed E-state index contributed by atoms with van der Waals surface area (Å²) >= 11 is 3.17. The van der Waals surface area contributed by atoms with Gasteiger partial charge in [0.25, 0.3) is 0 Å². The first kappa shape index (κ1) is 15.3. The van der Waals surface area contributed by atoms with Gasteiger partial charge in [-0.1, -0.05) is 6.92 Å². The molecule has 1 aliphatic heterocycles. The van der Waals surface area contributed by atoms with Crippen molar-refractivity contribution in [3.63, 3.8) is 0 Å². The van der Waals surface area contributed by atoms with Crippen molar-refractivity contribution >= 4 is 21.6 Å². The summed E-state index contributed by atoms with van der Waals surface area (Å²) in [4.78, 5) is 2.07. The zero-order valence-corrected chi connectivity index (χ0v) is 13.2. The Bertz CT molecular complexity index is 505. The topological polar surface area (TPSA) is 39.1 Å².